The van der Waals surface area contributed by atoms with Gasteiger partial charge in [-0.1, -0.05) is 48.5 Å². The number of likely N-dealkylation sites (N-methyl/N-ethyl adjacent to an activating group) is 1. The van der Waals surface area contributed by atoms with E-state index in [1.165, 1.54) is 7.05 Å². The molecule has 2 aromatic carbocycles. The highest BCUT2D eigenvalue weighted by Gasteiger charge is 2.29. The van der Waals surface area contributed by atoms with Gasteiger partial charge in [-0.15, -0.1) is 0 Å². The van der Waals surface area contributed by atoms with Gasteiger partial charge in [-0.25, -0.2) is 4.79 Å². The zero-order valence-electron chi connectivity index (χ0n) is 14.8. The Morgan fingerprint density at radius 1 is 1.04 bits per heavy atom. The summed E-state index contributed by atoms with van der Waals surface area (Å²) in [6.07, 6.45) is -0.714. The Kier molecular flexibility index (Phi) is 5.40. The lowest BCUT2D eigenvalue weighted by Crippen LogP contribution is -2.40. The Bertz CT molecular complexity index is 835. The number of nitrogens with zero attached hydrogens (tertiary/aromatic N) is 1. The van der Waals surface area contributed by atoms with Crippen LogP contribution in [0.15, 0.2) is 48.5 Å². The lowest BCUT2D eigenvalue weighted by Gasteiger charge is -2.16. The van der Waals surface area contributed by atoms with Crippen molar-refractivity contribution in [3.63, 3.8) is 0 Å². The summed E-state index contributed by atoms with van der Waals surface area (Å²) in [6, 6.07) is 16.0. The number of aliphatic carboxylic acids is 1. The van der Waals surface area contributed by atoms with Crippen molar-refractivity contribution >= 4 is 18.0 Å². The summed E-state index contributed by atoms with van der Waals surface area (Å²) in [4.78, 5) is 35.3. The van der Waals surface area contributed by atoms with Gasteiger partial charge < -0.3 is 20.1 Å². The molecule has 0 bridgehead atoms. The van der Waals surface area contributed by atoms with Gasteiger partial charge in [0.15, 0.2) is 0 Å². The summed E-state index contributed by atoms with van der Waals surface area (Å²) in [6.45, 7) is -0.593. The predicted octanol–water partition coefficient (Wildman–Crippen LogP) is 2.07. The summed E-state index contributed by atoms with van der Waals surface area (Å²) in [5.41, 5.74) is 4.47. The molecule has 0 aromatic heterocycles. The summed E-state index contributed by atoms with van der Waals surface area (Å²) in [5.74, 6) is -1.69. The fourth-order valence-electron chi connectivity index (χ4n) is 3.22. The highest BCUT2D eigenvalue weighted by atomic mass is 16.5. The Morgan fingerprint density at radius 3 is 2.15 bits per heavy atom. The number of benzene rings is 2. The molecular weight excluding hydrogens is 348 g/mol. The molecule has 0 atom stereocenters. The maximum absolute atomic E-state index is 12.0. The van der Waals surface area contributed by atoms with Gasteiger partial charge in [0.05, 0.1) is 0 Å². The van der Waals surface area contributed by atoms with E-state index in [0.717, 1.165) is 27.2 Å². The van der Waals surface area contributed by atoms with E-state index in [1.54, 1.807) is 0 Å². The second-order valence-corrected chi connectivity index (χ2v) is 6.32. The van der Waals surface area contributed by atoms with Gasteiger partial charge in [-0.2, -0.15) is 0 Å². The molecule has 0 unspecified atom stereocenters. The van der Waals surface area contributed by atoms with Crippen molar-refractivity contribution in [2.45, 2.75) is 5.92 Å². The number of hydrogen-bond donors (Lipinski definition) is 2. The molecule has 7 nitrogen and oxygen atoms in total. The van der Waals surface area contributed by atoms with Crippen LogP contribution in [0, 0.1) is 0 Å². The van der Waals surface area contributed by atoms with Crippen LogP contribution in [0.25, 0.3) is 11.1 Å². The maximum Gasteiger partial charge on any atom is 0.407 e. The number of ether oxygens (including phenoxy) is 1. The van der Waals surface area contributed by atoms with Crippen molar-refractivity contribution in [3.05, 3.63) is 59.7 Å². The van der Waals surface area contributed by atoms with E-state index < -0.39 is 24.5 Å². The SMILES string of the molecule is CN(CC(=O)O)C(=O)CNC(=O)OCC1c2ccccc2-c2ccccc21. The summed E-state index contributed by atoms with van der Waals surface area (Å²) < 4.78 is 5.31. The second-order valence-electron chi connectivity index (χ2n) is 6.32. The minimum absolute atomic E-state index is 0.0615. The number of carboxylic acid groups (broad SMARTS) is 1. The minimum atomic E-state index is -1.12. The van der Waals surface area contributed by atoms with E-state index in [2.05, 4.69) is 5.32 Å². The van der Waals surface area contributed by atoms with E-state index in [4.69, 9.17) is 9.84 Å². The lowest BCUT2D eigenvalue weighted by atomic mass is 9.98. The highest BCUT2D eigenvalue weighted by Crippen LogP contribution is 2.44. The van der Waals surface area contributed by atoms with E-state index in [9.17, 15) is 14.4 Å². The molecule has 140 valence electrons. The average Bonchev–Trinajstić information content (AvgIpc) is 2.98. The smallest absolute Gasteiger partial charge is 0.407 e. The highest BCUT2D eigenvalue weighted by molar-refractivity contribution is 5.85. The second kappa shape index (κ2) is 7.90. The van der Waals surface area contributed by atoms with Gasteiger partial charge >= 0.3 is 12.1 Å². The molecule has 1 aliphatic rings. The van der Waals surface area contributed by atoms with E-state index in [1.807, 2.05) is 48.5 Å². The Morgan fingerprint density at radius 2 is 1.59 bits per heavy atom. The normalized spacial score (nSPS) is 12.0. The summed E-state index contributed by atoms with van der Waals surface area (Å²) in [5, 5.41) is 11.0. The Labute approximate surface area is 156 Å². The van der Waals surface area contributed by atoms with Gasteiger partial charge in [0.2, 0.25) is 5.91 Å². The van der Waals surface area contributed by atoms with Crippen molar-refractivity contribution in [2.24, 2.45) is 0 Å². The van der Waals surface area contributed by atoms with Gasteiger partial charge in [0.25, 0.3) is 0 Å². The molecule has 2 amide bonds. The van der Waals surface area contributed by atoms with Gasteiger partial charge in [-0.05, 0) is 22.3 Å². The first-order chi connectivity index (χ1) is 13.0. The maximum atomic E-state index is 12.0. The zero-order chi connectivity index (χ0) is 19.4. The van der Waals surface area contributed by atoms with Crippen molar-refractivity contribution < 1.29 is 24.2 Å². The van der Waals surface area contributed by atoms with Crippen molar-refractivity contribution in [1.29, 1.82) is 0 Å². The van der Waals surface area contributed by atoms with Crippen molar-refractivity contribution in [3.8, 4) is 11.1 Å². The number of amides is 2. The number of fused-ring (bicyclic) bond motifs is 3. The molecule has 0 fully saturated rings. The minimum Gasteiger partial charge on any atom is -0.480 e. The number of rotatable bonds is 6. The number of carbonyl (C=O) groups excluding carboxylic acids is 2. The quantitative estimate of drug-likeness (QED) is 0.814. The fraction of sp³-hybridized carbons (Fsp3) is 0.250. The summed E-state index contributed by atoms with van der Waals surface area (Å²) >= 11 is 0. The molecule has 0 saturated carbocycles. The number of nitrogens with one attached hydrogen (secondary N) is 1. The van der Waals surface area contributed by atoms with Crippen LogP contribution in [-0.2, 0) is 14.3 Å². The molecular formula is C20H20N2O5. The predicted molar refractivity (Wildman–Crippen MR) is 98.3 cm³/mol. The van der Waals surface area contributed by atoms with E-state index in [-0.39, 0.29) is 19.1 Å². The largest absolute Gasteiger partial charge is 0.480 e. The molecule has 0 aliphatic heterocycles. The number of carbonyl (C=O) groups is 3. The zero-order valence-corrected chi connectivity index (χ0v) is 14.8. The molecule has 3 rings (SSSR count). The monoisotopic (exact) mass is 368 g/mol. The van der Waals surface area contributed by atoms with E-state index >= 15 is 0 Å². The van der Waals surface area contributed by atoms with Gasteiger partial charge in [-0.3, -0.25) is 9.59 Å². The van der Waals surface area contributed by atoms with Crippen LogP contribution in [0.1, 0.15) is 17.0 Å². The lowest BCUT2D eigenvalue weighted by molar-refractivity contribution is -0.143. The Hall–Kier alpha value is -3.35. The molecule has 2 N–H and O–H groups in total. The molecule has 0 radical (unpaired) electrons. The molecule has 0 saturated heterocycles. The van der Waals surface area contributed by atoms with Gasteiger partial charge in [0.1, 0.15) is 19.7 Å². The molecule has 2 aromatic rings. The number of hydrogen-bond acceptors (Lipinski definition) is 4. The van der Waals surface area contributed by atoms with Gasteiger partial charge in [0, 0.05) is 13.0 Å². The fourth-order valence-corrected chi connectivity index (χ4v) is 3.22. The first-order valence-electron chi connectivity index (χ1n) is 8.52. The molecule has 0 heterocycles. The third-order valence-corrected chi connectivity index (χ3v) is 4.53. The topological polar surface area (TPSA) is 95.9 Å². The van der Waals surface area contributed by atoms with Crippen molar-refractivity contribution in [1.82, 2.24) is 10.2 Å². The first kappa shape index (κ1) is 18.4. The third kappa shape index (κ3) is 4.08. The van der Waals surface area contributed by atoms with Crippen LogP contribution in [0.3, 0.4) is 0 Å². The van der Waals surface area contributed by atoms with Crippen LogP contribution in [0.5, 0.6) is 0 Å². The number of alkyl carbamates (subject to hydrolysis) is 1. The van der Waals surface area contributed by atoms with Crippen LogP contribution in [-0.4, -0.2) is 54.7 Å². The molecule has 27 heavy (non-hydrogen) atoms. The van der Waals surface area contributed by atoms with Crippen molar-refractivity contribution in [2.75, 3.05) is 26.7 Å². The standard InChI is InChI=1S/C20H20N2O5/c1-22(11-19(24)25)18(23)10-21-20(26)27-12-17-15-8-4-2-6-13(15)14-7-3-5-9-16(14)17/h2-9,17H,10-12H2,1H3,(H,21,26)(H,24,25). The molecule has 1 aliphatic carbocycles. The first-order valence-corrected chi connectivity index (χ1v) is 8.52. The molecule has 7 heteroatoms. The van der Waals surface area contributed by atoms with Crippen LogP contribution >= 0.6 is 0 Å². The van der Waals surface area contributed by atoms with E-state index in [0.29, 0.717) is 0 Å². The van der Waals surface area contributed by atoms with Crippen LogP contribution in [0.2, 0.25) is 0 Å². The average molecular weight is 368 g/mol. The molecule has 0 spiro atoms. The Balaban J connectivity index is 1.58. The number of carboxylic acids is 1. The summed E-state index contributed by atoms with van der Waals surface area (Å²) in [7, 11) is 1.36. The van der Waals surface area contributed by atoms with Crippen LogP contribution < -0.4 is 5.32 Å². The van der Waals surface area contributed by atoms with Crippen LogP contribution in [0.4, 0.5) is 4.79 Å². The third-order valence-electron chi connectivity index (χ3n) is 4.53.